The van der Waals surface area contributed by atoms with Gasteiger partial charge in [0, 0.05) is 34.1 Å². The summed E-state index contributed by atoms with van der Waals surface area (Å²) in [6.07, 6.45) is 4.01. The summed E-state index contributed by atoms with van der Waals surface area (Å²) in [5.41, 5.74) is 7.94. The summed E-state index contributed by atoms with van der Waals surface area (Å²) in [5, 5.41) is 8.71. The highest BCUT2D eigenvalue weighted by atomic mass is 35.5. The van der Waals surface area contributed by atoms with Gasteiger partial charge in [0.1, 0.15) is 12.6 Å². The third kappa shape index (κ3) is 3.83. The Balaban J connectivity index is 1.18. The lowest BCUT2D eigenvalue weighted by Gasteiger charge is -2.27. The molecule has 9 nitrogen and oxygen atoms in total. The zero-order valence-electron chi connectivity index (χ0n) is 19.1. The molecule has 0 spiro atoms. The molecule has 1 unspecified atom stereocenters. The van der Waals surface area contributed by atoms with Gasteiger partial charge in [-0.25, -0.2) is 0 Å². The number of likely N-dealkylation sites (tertiary alicyclic amines) is 1. The number of carbonyl (C=O) groups excluding carboxylic acids is 3. The first-order valence-corrected chi connectivity index (χ1v) is 12.2. The number of amides is 3. The van der Waals surface area contributed by atoms with Gasteiger partial charge in [-0.1, -0.05) is 29.8 Å². The van der Waals surface area contributed by atoms with Crippen molar-refractivity contribution in [1.82, 2.24) is 25.0 Å². The van der Waals surface area contributed by atoms with Crippen molar-refractivity contribution >= 4 is 40.2 Å². The van der Waals surface area contributed by atoms with Crippen LogP contribution in [0.15, 0.2) is 36.5 Å². The molecule has 1 aromatic carbocycles. The van der Waals surface area contributed by atoms with Crippen molar-refractivity contribution in [3.63, 3.8) is 0 Å². The number of aryl methyl sites for hydroxylation is 1. The highest BCUT2D eigenvalue weighted by Gasteiger charge is 2.56. The number of pyridine rings is 1. The molecule has 1 saturated heterocycles. The van der Waals surface area contributed by atoms with Crippen molar-refractivity contribution in [2.45, 2.75) is 56.8 Å². The number of nitrogens with two attached hydrogens (primary N) is 1. The van der Waals surface area contributed by atoms with Gasteiger partial charge in [0.25, 0.3) is 5.91 Å². The molecule has 0 bridgehead atoms. The smallest absolute Gasteiger partial charge is 0.269 e. The van der Waals surface area contributed by atoms with Gasteiger partial charge in [0.2, 0.25) is 11.8 Å². The van der Waals surface area contributed by atoms with Gasteiger partial charge in [-0.2, -0.15) is 5.10 Å². The highest BCUT2D eigenvalue weighted by molar-refractivity contribution is 6.31. The molecule has 3 fully saturated rings. The number of piperidine rings is 1. The van der Waals surface area contributed by atoms with E-state index in [4.69, 9.17) is 17.3 Å². The number of halogens is 1. The summed E-state index contributed by atoms with van der Waals surface area (Å²) in [6.45, 7) is 1.72. The molecule has 2 saturated carbocycles. The van der Waals surface area contributed by atoms with Crippen LogP contribution in [0.5, 0.6) is 0 Å². The molecular formula is C25H25ClN6O3. The molecule has 3 amide bonds. The number of fused-ring (bicyclic) bond motifs is 2. The monoisotopic (exact) mass is 492 g/mol. The van der Waals surface area contributed by atoms with Crippen molar-refractivity contribution in [2.24, 2.45) is 11.7 Å². The molecule has 3 heterocycles. The average Bonchev–Trinajstić information content (AvgIpc) is 3.69. The molecule has 3 aliphatic rings. The van der Waals surface area contributed by atoms with Gasteiger partial charge in [-0.05, 0) is 49.8 Å². The van der Waals surface area contributed by atoms with Crippen LogP contribution >= 0.6 is 11.6 Å². The van der Waals surface area contributed by atoms with Gasteiger partial charge >= 0.3 is 0 Å². The second-order valence-electron chi connectivity index (χ2n) is 9.81. The minimum atomic E-state index is -0.662. The normalized spacial score (nSPS) is 26.5. The summed E-state index contributed by atoms with van der Waals surface area (Å²) in [7, 11) is 0. The van der Waals surface area contributed by atoms with Crippen molar-refractivity contribution in [3.8, 4) is 0 Å². The fourth-order valence-electron chi connectivity index (χ4n) is 5.49. The fourth-order valence-corrected chi connectivity index (χ4v) is 5.77. The number of rotatable bonds is 6. The van der Waals surface area contributed by atoms with Crippen molar-refractivity contribution in [1.29, 1.82) is 0 Å². The lowest BCUT2D eigenvalue weighted by Crippen LogP contribution is -2.49. The minimum absolute atomic E-state index is 0.0266. The van der Waals surface area contributed by atoms with E-state index in [1.54, 1.807) is 17.2 Å². The fraction of sp³-hybridized carbons (Fsp3) is 0.400. The SMILES string of the molecule is Cc1cc2c(C(N)=O)nn(CC(=O)N3C4C[C@@H]4C[C@H]3C(=O)N[C@@H]3C[C@H]3c3ccccc3Cl)c2cn1. The Kier molecular flexibility index (Phi) is 5.07. The molecule has 6 rings (SSSR count). The summed E-state index contributed by atoms with van der Waals surface area (Å²) in [4.78, 5) is 44.5. The van der Waals surface area contributed by atoms with Crippen LogP contribution in [0.3, 0.4) is 0 Å². The number of primary amides is 1. The minimum Gasteiger partial charge on any atom is -0.364 e. The maximum atomic E-state index is 13.4. The number of aromatic nitrogens is 3. The second kappa shape index (κ2) is 8.05. The van der Waals surface area contributed by atoms with Crippen LogP contribution in [-0.2, 0) is 16.1 Å². The van der Waals surface area contributed by atoms with Crippen LogP contribution in [-0.4, -0.2) is 55.5 Å². The Morgan fingerprint density at radius 1 is 1.20 bits per heavy atom. The first-order chi connectivity index (χ1) is 16.8. The van der Waals surface area contributed by atoms with Crippen molar-refractivity contribution in [3.05, 3.63) is 58.5 Å². The third-order valence-corrected chi connectivity index (χ3v) is 7.75. The van der Waals surface area contributed by atoms with Gasteiger partial charge in [0.05, 0.1) is 11.7 Å². The number of nitrogens with zero attached hydrogens (tertiary/aromatic N) is 4. The Labute approximate surface area is 206 Å². The first-order valence-electron chi connectivity index (χ1n) is 11.8. The topological polar surface area (TPSA) is 123 Å². The maximum absolute atomic E-state index is 13.4. The molecule has 0 radical (unpaired) electrons. The van der Waals surface area contributed by atoms with Crippen LogP contribution in [0.4, 0.5) is 0 Å². The highest BCUT2D eigenvalue weighted by Crippen LogP contribution is 2.49. The van der Waals surface area contributed by atoms with Gasteiger partial charge < -0.3 is 16.0 Å². The van der Waals surface area contributed by atoms with E-state index in [-0.39, 0.29) is 42.1 Å². The number of nitrogens with one attached hydrogen (secondary N) is 1. The second-order valence-corrected chi connectivity index (χ2v) is 10.2. The maximum Gasteiger partial charge on any atom is 0.269 e. The van der Waals surface area contributed by atoms with Crippen LogP contribution in [0.2, 0.25) is 5.02 Å². The molecule has 180 valence electrons. The third-order valence-electron chi connectivity index (χ3n) is 7.41. The number of hydrogen-bond donors (Lipinski definition) is 2. The zero-order valence-corrected chi connectivity index (χ0v) is 19.9. The predicted octanol–water partition coefficient (Wildman–Crippen LogP) is 2.15. The molecule has 3 aromatic rings. The molecule has 1 aliphatic heterocycles. The quantitative estimate of drug-likeness (QED) is 0.545. The summed E-state index contributed by atoms with van der Waals surface area (Å²) >= 11 is 6.32. The standard InChI is InChI=1S/C25H25ClN6O3/c1-12-6-16-21(10-28-12)31(30-23(16)24(27)34)11-22(33)32-19-7-13(19)8-20(32)25(35)29-18-9-15(18)14-4-2-3-5-17(14)26/h2-6,10,13,15,18-20H,7-9,11H2,1H3,(H2,27,34)(H,29,35)/t13-,15+,18-,19?,20+/m1/s1. The van der Waals surface area contributed by atoms with Crippen LogP contribution in [0, 0.1) is 12.8 Å². The number of hydrogen-bond acceptors (Lipinski definition) is 5. The lowest BCUT2D eigenvalue weighted by molar-refractivity contribution is -0.140. The van der Waals surface area contributed by atoms with Gasteiger partial charge in [-0.3, -0.25) is 24.0 Å². The van der Waals surface area contributed by atoms with Gasteiger partial charge in [-0.15, -0.1) is 0 Å². The van der Waals surface area contributed by atoms with E-state index in [2.05, 4.69) is 15.4 Å². The summed E-state index contributed by atoms with van der Waals surface area (Å²) < 4.78 is 1.46. The lowest BCUT2D eigenvalue weighted by atomic mass is 10.1. The first kappa shape index (κ1) is 22.0. The largest absolute Gasteiger partial charge is 0.364 e. The van der Waals surface area contributed by atoms with E-state index in [9.17, 15) is 14.4 Å². The molecule has 2 aliphatic carbocycles. The van der Waals surface area contributed by atoms with E-state index < -0.39 is 11.9 Å². The van der Waals surface area contributed by atoms with E-state index in [1.165, 1.54) is 4.68 Å². The van der Waals surface area contributed by atoms with Crippen LogP contribution in [0.1, 0.15) is 46.9 Å². The average molecular weight is 493 g/mol. The van der Waals surface area contributed by atoms with E-state index in [0.717, 1.165) is 24.1 Å². The van der Waals surface area contributed by atoms with Crippen LogP contribution in [0.25, 0.3) is 10.9 Å². The Morgan fingerprint density at radius 3 is 2.77 bits per heavy atom. The molecule has 10 heteroatoms. The Hall–Kier alpha value is -3.46. The molecule has 2 aromatic heterocycles. The zero-order chi connectivity index (χ0) is 24.4. The number of carbonyl (C=O) groups is 3. The van der Waals surface area contributed by atoms with E-state index >= 15 is 0 Å². The Morgan fingerprint density at radius 2 is 2.00 bits per heavy atom. The predicted molar refractivity (Wildman–Crippen MR) is 129 cm³/mol. The summed E-state index contributed by atoms with van der Waals surface area (Å²) in [5.74, 6) is -0.426. The molecule has 5 atom stereocenters. The Bertz CT molecular complexity index is 1390. The van der Waals surface area contributed by atoms with Gasteiger partial charge in [0.15, 0.2) is 5.69 Å². The van der Waals surface area contributed by atoms with E-state index in [1.807, 2.05) is 31.2 Å². The summed E-state index contributed by atoms with van der Waals surface area (Å²) in [6, 6.07) is 9.02. The van der Waals surface area contributed by atoms with Crippen molar-refractivity contribution in [2.75, 3.05) is 0 Å². The molecule has 3 N–H and O–H groups in total. The van der Waals surface area contributed by atoms with E-state index in [0.29, 0.717) is 28.3 Å². The molecule has 35 heavy (non-hydrogen) atoms. The molecular weight excluding hydrogens is 468 g/mol. The van der Waals surface area contributed by atoms with Crippen molar-refractivity contribution < 1.29 is 14.4 Å². The number of benzene rings is 1. The van der Waals surface area contributed by atoms with Crippen LogP contribution < -0.4 is 11.1 Å².